The first-order valence-corrected chi connectivity index (χ1v) is 14.8. The van der Waals surface area contributed by atoms with Gasteiger partial charge < -0.3 is 9.47 Å². The van der Waals surface area contributed by atoms with E-state index in [2.05, 4.69) is 9.93 Å². The Morgan fingerprint density at radius 2 is 1.55 bits per heavy atom. The molecule has 4 rings (SSSR count). The molecule has 0 saturated heterocycles. The molecule has 3 aromatic carbocycles. The van der Waals surface area contributed by atoms with E-state index in [-0.39, 0.29) is 17.5 Å². The van der Waals surface area contributed by atoms with Gasteiger partial charge in [-0.15, -0.1) is 0 Å². The van der Waals surface area contributed by atoms with E-state index in [4.69, 9.17) is 9.47 Å². The number of aryl methyl sites for hydroxylation is 1. The monoisotopic (exact) mass is 563 g/mol. The molecule has 1 aliphatic carbocycles. The number of nitrogens with zero attached hydrogens (tertiary/aromatic N) is 2. The third-order valence-corrected chi connectivity index (χ3v) is 7.87. The number of amides is 1. The quantitative estimate of drug-likeness (QED) is 0.248. The van der Waals surface area contributed by atoms with Gasteiger partial charge in [0.05, 0.1) is 29.4 Å². The molecule has 40 heavy (non-hydrogen) atoms. The topological polar surface area (TPSA) is 97.3 Å². The summed E-state index contributed by atoms with van der Waals surface area (Å²) >= 11 is 0. The summed E-state index contributed by atoms with van der Waals surface area (Å²) in [5, 5.41) is 4.16. The molecule has 0 atom stereocenters. The number of sulfonamides is 1. The molecule has 0 bridgehead atoms. The van der Waals surface area contributed by atoms with Gasteiger partial charge in [0.2, 0.25) is 0 Å². The molecule has 9 heteroatoms. The lowest BCUT2D eigenvalue weighted by atomic mass is 9.73. The molecule has 3 aromatic rings. The summed E-state index contributed by atoms with van der Waals surface area (Å²) in [5.74, 6) is 0. The molecule has 0 unspecified atom stereocenters. The zero-order chi connectivity index (χ0) is 28.8. The van der Waals surface area contributed by atoms with Crippen molar-refractivity contribution in [3.05, 3.63) is 102 Å². The number of carbonyl (C=O) groups excluding carboxylic acids is 1. The van der Waals surface area contributed by atoms with Crippen LogP contribution in [-0.2, 0) is 32.6 Å². The van der Waals surface area contributed by atoms with Crippen LogP contribution >= 0.6 is 0 Å². The van der Waals surface area contributed by atoms with Crippen molar-refractivity contribution in [3.63, 3.8) is 0 Å². The number of benzene rings is 3. The van der Waals surface area contributed by atoms with E-state index in [1.807, 2.05) is 88.4 Å². The van der Waals surface area contributed by atoms with Crippen molar-refractivity contribution in [2.24, 2.45) is 5.10 Å². The van der Waals surface area contributed by atoms with Crippen LogP contribution in [0.25, 0.3) is 0 Å². The van der Waals surface area contributed by atoms with Gasteiger partial charge in [-0.2, -0.15) is 13.5 Å². The Morgan fingerprint density at radius 3 is 2.12 bits per heavy atom. The highest BCUT2D eigenvalue weighted by molar-refractivity contribution is 7.89. The van der Waals surface area contributed by atoms with Crippen LogP contribution in [0, 0.1) is 6.92 Å². The molecule has 1 aliphatic rings. The fourth-order valence-electron chi connectivity index (χ4n) is 4.50. The summed E-state index contributed by atoms with van der Waals surface area (Å²) in [6, 6.07) is 26.0. The Labute approximate surface area is 237 Å². The maximum atomic E-state index is 13.6. The van der Waals surface area contributed by atoms with Crippen LogP contribution < -0.4 is 4.83 Å². The van der Waals surface area contributed by atoms with Gasteiger partial charge in [-0.25, -0.2) is 9.63 Å². The van der Waals surface area contributed by atoms with Gasteiger partial charge >= 0.3 is 6.09 Å². The second-order valence-electron chi connectivity index (χ2n) is 11.1. The highest BCUT2D eigenvalue weighted by Gasteiger charge is 2.51. The lowest BCUT2D eigenvalue weighted by Crippen LogP contribution is -2.63. The summed E-state index contributed by atoms with van der Waals surface area (Å²) in [6.07, 6.45) is 1.71. The van der Waals surface area contributed by atoms with Crippen LogP contribution in [0.1, 0.15) is 50.3 Å². The number of hydrogen-bond donors (Lipinski definition) is 1. The first-order valence-electron chi connectivity index (χ1n) is 13.3. The molecule has 1 fully saturated rings. The molecule has 1 saturated carbocycles. The molecule has 0 radical (unpaired) electrons. The standard InChI is InChI=1S/C31H37N3O5S/c1-24-15-17-28(18-16-24)40(36,37)33-32-23-31(19-27(20-31)38-22-26-13-9-6-10-14-26)34(29(35)39-30(2,3)4)21-25-11-7-5-8-12-25/h5-18,23,27,33H,19-22H2,1-4H3/b32-23+. The molecular weight excluding hydrogens is 526 g/mol. The van der Waals surface area contributed by atoms with Crippen LogP contribution in [0.15, 0.2) is 94.9 Å². The summed E-state index contributed by atoms with van der Waals surface area (Å²) in [7, 11) is -3.89. The normalized spacial score (nSPS) is 19.1. The van der Waals surface area contributed by atoms with Crippen LogP contribution in [0.4, 0.5) is 4.79 Å². The minimum atomic E-state index is -3.89. The van der Waals surface area contributed by atoms with E-state index in [9.17, 15) is 13.2 Å². The highest BCUT2D eigenvalue weighted by Crippen LogP contribution is 2.41. The molecule has 0 aromatic heterocycles. The van der Waals surface area contributed by atoms with Crippen molar-refractivity contribution in [1.82, 2.24) is 9.73 Å². The van der Waals surface area contributed by atoms with E-state index in [1.54, 1.807) is 17.0 Å². The van der Waals surface area contributed by atoms with Crippen LogP contribution in [0.5, 0.6) is 0 Å². The Morgan fingerprint density at radius 1 is 0.975 bits per heavy atom. The van der Waals surface area contributed by atoms with E-state index < -0.39 is 27.3 Å². The number of hydrazone groups is 1. The summed E-state index contributed by atoms with van der Waals surface area (Å²) in [5.41, 5.74) is 1.27. The average molecular weight is 564 g/mol. The summed E-state index contributed by atoms with van der Waals surface area (Å²) in [6.45, 7) is 8.02. The molecule has 212 valence electrons. The fraction of sp³-hybridized carbons (Fsp3) is 0.355. The molecule has 0 aliphatic heterocycles. The molecule has 1 N–H and O–H groups in total. The molecule has 8 nitrogen and oxygen atoms in total. The van der Waals surface area contributed by atoms with Crippen molar-refractivity contribution in [2.45, 2.75) is 75.8 Å². The third-order valence-electron chi connectivity index (χ3n) is 6.63. The van der Waals surface area contributed by atoms with Gasteiger partial charge in [-0.3, -0.25) is 4.90 Å². The predicted molar refractivity (Wildman–Crippen MR) is 155 cm³/mol. The van der Waals surface area contributed by atoms with Crippen LogP contribution in [-0.4, -0.2) is 42.9 Å². The van der Waals surface area contributed by atoms with E-state index in [1.165, 1.54) is 18.3 Å². The van der Waals surface area contributed by atoms with Crippen molar-refractivity contribution in [2.75, 3.05) is 0 Å². The average Bonchev–Trinajstić information content (AvgIpc) is 2.88. The first-order chi connectivity index (χ1) is 19.0. The Bertz CT molecular complexity index is 1400. The SMILES string of the molecule is Cc1ccc(S(=O)(=O)N/N=C/C2(N(Cc3ccccc3)C(=O)OC(C)(C)C)CC(OCc3ccccc3)C2)cc1. The number of ether oxygens (including phenoxy) is 2. The van der Waals surface area contributed by atoms with E-state index in [0.717, 1.165) is 16.7 Å². The fourth-order valence-corrected chi connectivity index (χ4v) is 5.29. The minimum Gasteiger partial charge on any atom is -0.444 e. The molecule has 1 amide bonds. The molecular formula is C31H37N3O5S. The van der Waals surface area contributed by atoms with Gasteiger partial charge in [-0.05, 0) is 51.0 Å². The van der Waals surface area contributed by atoms with Gasteiger partial charge in [0.1, 0.15) is 5.60 Å². The van der Waals surface area contributed by atoms with Gasteiger partial charge in [0, 0.05) is 19.4 Å². The van der Waals surface area contributed by atoms with Crippen molar-refractivity contribution < 1.29 is 22.7 Å². The molecule has 0 heterocycles. The van der Waals surface area contributed by atoms with Crippen LogP contribution in [0.3, 0.4) is 0 Å². The Kier molecular flexibility index (Phi) is 8.95. The first kappa shape index (κ1) is 29.3. The third kappa shape index (κ3) is 7.70. The minimum absolute atomic E-state index is 0.107. The second kappa shape index (κ2) is 12.2. The second-order valence-corrected chi connectivity index (χ2v) is 12.8. The smallest absolute Gasteiger partial charge is 0.411 e. The Balaban J connectivity index is 1.60. The van der Waals surface area contributed by atoms with Crippen molar-refractivity contribution >= 4 is 22.3 Å². The zero-order valence-corrected chi connectivity index (χ0v) is 24.2. The number of hydrogen-bond acceptors (Lipinski definition) is 6. The highest BCUT2D eigenvalue weighted by atomic mass is 32.2. The zero-order valence-electron chi connectivity index (χ0n) is 23.4. The maximum Gasteiger partial charge on any atom is 0.411 e. The van der Waals surface area contributed by atoms with Crippen molar-refractivity contribution in [1.29, 1.82) is 0 Å². The van der Waals surface area contributed by atoms with Crippen LogP contribution in [0.2, 0.25) is 0 Å². The summed E-state index contributed by atoms with van der Waals surface area (Å²) in [4.78, 5) is 17.6. The summed E-state index contributed by atoms with van der Waals surface area (Å²) < 4.78 is 37.7. The Hall–Kier alpha value is -3.69. The van der Waals surface area contributed by atoms with Crippen molar-refractivity contribution in [3.8, 4) is 0 Å². The van der Waals surface area contributed by atoms with Gasteiger partial charge in [0.25, 0.3) is 10.0 Å². The number of nitrogens with one attached hydrogen (secondary N) is 1. The van der Waals surface area contributed by atoms with Gasteiger partial charge in [0.15, 0.2) is 0 Å². The predicted octanol–water partition coefficient (Wildman–Crippen LogP) is 5.81. The lowest BCUT2D eigenvalue weighted by molar-refractivity contribution is -0.0852. The molecule has 0 spiro atoms. The van der Waals surface area contributed by atoms with E-state index >= 15 is 0 Å². The number of rotatable bonds is 10. The largest absolute Gasteiger partial charge is 0.444 e. The number of carbonyl (C=O) groups is 1. The maximum absolute atomic E-state index is 13.6. The van der Waals surface area contributed by atoms with Gasteiger partial charge in [-0.1, -0.05) is 78.4 Å². The van der Waals surface area contributed by atoms with E-state index in [0.29, 0.717) is 19.4 Å². The lowest BCUT2D eigenvalue weighted by Gasteiger charge is -2.51.